The van der Waals surface area contributed by atoms with Crippen molar-refractivity contribution in [2.24, 2.45) is 0 Å². The smallest absolute Gasteiger partial charge is 0.339 e. The molecule has 1 fully saturated rings. The van der Waals surface area contributed by atoms with Gasteiger partial charge in [0.15, 0.2) is 0 Å². The molecule has 0 bridgehead atoms. The molecule has 0 saturated carbocycles. The Bertz CT molecular complexity index is 1180. The van der Waals surface area contributed by atoms with E-state index in [9.17, 15) is 9.59 Å². The maximum atomic E-state index is 12.3. The van der Waals surface area contributed by atoms with Gasteiger partial charge < -0.3 is 19.4 Å². The van der Waals surface area contributed by atoms with Crippen LogP contribution in [0.1, 0.15) is 47.2 Å². The first-order valence-corrected chi connectivity index (χ1v) is 12.0. The van der Waals surface area contributed by atoms with Gasteiger partial charge in [-0.05, 0) is 68.4 Å². The van der Waals surface area contributed by atoms with E-state index in [1.165, 1.54) is 0 Å². The van der Waals surface area contributed by atoms with E-state index in [0.29, 0.717) is 12.2 Å². The van der Waals surface area contributed by atoms with Crippen molar-refractivity contribution in [3.8, 4) is 5.75 Å². The summed E-state index contributed by atoms with van der Waals surface area (Å²) in [6, 6.07) is 15.5. The third-order valence-electron chi connectivity index (χ3n) is 6.79. The van der Waals surface area contributed by atoms with E-state index in [2.05, 4.69) is 10.2 Å². The van der Waals surface area contributed by atoms with Crippen molar-refractivity contribution < 1.29 is 13.9 Å². The summed E-state index contributed by atoms with van der Waals surface area (Å²) in [5.41, 5.74) is 3.14. The summed E-state index contributed by atoms with van der Waals surface area (Å²) < 4.78 is 11.5. The lowest BCUT2D eigenvalue weighted by molar-refractivity contribution is 0.0909. The number of piperidine rings is 1. The van der Waals surface area contributed by atoms with Gasteiger partial charge in [0, 0.05) is 48.3 Å². The minimum absolute atomic E-state index is 0.0126. The van der Waals surface area contributed by atoms with Crippen molar-refractivity contribution in [2.75, 3.05) is 26.2 Å². The molecule has 2 aromatic carbocycles. The van der Waals surface area contributed by atoms with E-state index in [1.54, 1.807) is 0 Å². The first kappa shape index (κ1) is 21.7. The molecule has 6 heteroatoms. The summed E-state index contributed by atoms with van der Waals surface area (Å²) >= 11 is 0. The Hall–Kier alpha value is -3.12. The standard InChI is InChI=1S/C27H30N2O4/c30-26(19-6-2-1-3-7-19)28-20-12-15-29(16-13-20)14-5-17-32-21-10-11-23-22-8-4-9-24(22)27(31)33-25(23)18-21/h1-3,6-7,10-11,18,20H,4-5,8-9,12-17H2,(H,28,30). The largest absolute Gasteiger partial charge is 0.493 e. The van der Waals surface area contributed by atoms with Gasteiger partial charge in [0.25, 0.3) is 5.91 Å². The van der Waals surface area contributed by atoms with Gasteiger partial charge in [-0.2, -0.15) is 0 Å². The van der Waals surface area contributed by atoms with Crippen LogP contribution in [0.25, 0.3) is 11.0 Å². The van der Waals surface area contributed by atoms with Crippen LogP contribution in [0.5, 0.6) is 5.75 Å². The van der Waals surface area contributed by atoms with Crippen LogP contribution in [0.3, 0.4) is 0 Å². The van der Waals surface area contributed by atoms with E-state index in [1.807, 2.05) is 48.5 Å². The Kier molecular flexibility index (Phi) is 6.44. The van der Waals surface area contributed by atoms with Crippen LogP contribution in [0.4, 0.5) is 0 Å². The van der Waals surface area contributed by atoms with Crippen LogP contribution in [0, 0.1) is 0 Å². The van der Waals surface area contributed by atoms with Crippen LogP contribution in [0.2, 0.25) is 0 Å². The van der Waals surface area contributed by atoms with Crippen molar-refractivity contribution >= 4 is 16.9 Å². The van der Waals surface area contributed by atoms with Crippen LogP contribution >= 0.6 is 0 Å². The summed E-state index contributed by atoms with van der Waals surface area (Å²) in [5, 5.41) is 4.20. The van der Waals surface area contributed by atoms with Gasteiger partial charge in [-0.15, -0.1) is 0 Å². The highest BCUT2D eigenvalue weighted by atomic mass is 16.5. The first-order valence-electron chi connectivity index (χ1n) is 12.0. The molecule has 172 valence electrons. The van der Waals surface area contributed by atoms with Crippen molar-refractivity contribution in [2.45, 2.75) is 44.6 Å². The fraction of sp³-hybridized carbons (Fsp3) is 0.407. The molecule has 33 heavy (non-hydrogen) atoms. The third-order valence-corrected chi connectivity index (χ3v) is 6.79. The maximum absolute atomic E-state index is 12.3. The number of rotatable bonds is 7. The SMILES string of the molecule is O=C(NC1CCN(CCCOc2ccc3c4c(c(=O)oc3c2)CCC4)CC1)c1ccccc1. The Morgan fingerprint density at radius 2 is 1.85 bits per heavy atom. The third kappa shape index (κ3) is 4.96. The quantitative estimate of drug-likeness (QED) is 0.440. The van der Waals surface area contributed by atoms with Crippen LogP contribution < -0.4 is 15.7 Å². The molecule has 5 rings (SSSR count). The lowest BCUT2D eigenvalue weighted by Crippen LogP contribution is -2.45. The monoisotopic (exact) mass is 446 g/mol. The highest BCUT2D eigenvalue weighted by Crippen LogP contribution is 2.29. The highest BCUT2D eigenvalue weighted by molar-refractivity contribution is 5.94. The van der Waals surface area contributed by atoms with E-state index >= 15 is 0 Å². The number of hydrogen-bond acceptors (Lipinski definition) is 5. The van der Waals surface area contributed by atoms with Gasteiger partial charge in [0.05, 0.1) is 6.61 Å². The second kappa shape index (κ2) is 9.79. The molecule has 3 aromatic rings. The first-order chi connectivity index (χ1) is 16.2. The summed E-state index contributed by atoms with van der Waals surface area (Å²) in [6.45, 7) is 3.54. The zero-order valence-corrected chi connectivity index (χ0v) is 18.8. The second-order valence-corrected chi connectivity index (χ2v) is 9.02. The topological polar surface area (TPSA) is 71.8 Å². The molecule has 1 saturated heterocycles. The van der Waals surface area contributed by atoms with Crippen molar-refractivity contribution in [3.05, 3.63) is 75.6 Å². The number of carbonyl (C=O) groups excluding carboxylic acids is 1. The van der Waals surface area contributed by atoms with E-state index < -0.39 is 0 Å². The van der Waals surface area contributed by atoms with E-state index in [4.69, 9.17) is 9.15 Å². The van der Waals surface area contributed by atoms with E-state index in [0.717, 1.165) is 86.0 Å². The normalized spacial score (nSPS) is 16.6. The highest BCUT2D eigenvalue weighted by Gasteiger charge is 2.21. The Balaban J connectivity index is 1.06. The zero-order valence-electron chi connectivity index (χ0n) is 18.8. The number of aryl methyl sites for hydroxylation is 1. The maximum Gasteiger partial charge on any atom is 0.339 e. The number of ether oxygens (including phenoxy) is 1. The van der Waals surface area contributed by atoms with Gasteiger partial charge in [0.2, 0.25) is 0 Å². The molecule has 2 aliphatic rings. The number of likely N-dealkylation sites (tertiary alicyclic amines) is 1. The number of nitrogens with one attached hydrogen (secondary N) is 1. The van der Waals surface area contributed by atoms with Crippen molar-refractivity contribution in [1.29, 1.82) is 0 Å². The molecule has 0 unspecified atom stereocenters. The molecule has 0 spiro atoms. The molecule has 1 amide bonds. The minimum Gasteiger partial charge on any atom is -0.493 e. The molecule has 1 aromatic heterocycles. The molecule has 1 N–H and O–H groups in total. The van der Waals surface area contributed by atoms with Crippen molar-refractivity contribution in [3.63, 3.8) is 0 Å². The summed E-state index contributed by atoms with van der Waals surface area (Å²) in [6.07, 6.45) is 5.65. The van der Waals surface area contributed by atoms with Crippen LogP contribution in [-0.4, -0.2) is 43.1 Å². The number of benzene rings is 2. The molecular weight excluding hydrogens is 416 g/mol. The number of amides is 1. The van der Waals surface area contributed by atoms with Gasteiger partial charge >= 0.3 is 5.63 Å². The summed E-state index contributed by atoms with van der Waals surface area (Å²) in [7, 11) is 0. The van der Waals surface area contributed by atoms with E-state index in [-0.39, 0.29) is 17.6 Å². The number of carbonyl (C=O) groups is 1. The molecule has 0 atom stereocenters. The predicted octanol–water partition coefficient (Wildman–Crippen LogP) is 3.95. The average Bonchev–Trinajstić information content (AvgIpc) is 3.34. The Morgan fingerprint density at radius 1 is 1.06 bits per heavy atom. The van der Waals surface area contributed by atoms with Crippen LogP contribution in [0.15, 0.2) is 57.7 Å². The molecule has 1 aliphatic heterocycles. The molecule has 2 heterocycles. The van der Waals surface area contributed by atoms with Gasteiger partial charge in [-0.3, -0.25) is 4.79 Å². The van der Waals surface area contributed by atoms with Gasteiger partial charge in [-0.25, -0.2) is 4.79 Å². The molecule has 0 radical (unpaired) electrons. The average molecular weight is 447 g/mol. The lowest BCUT2D eigenvalue weighted by Gasteiger charge is -2.32. The van der Waals surface area contributed by atoms with Crippen LogP contribution in [-0.2, 0) is 12.8 Å². The van der Waals surface area contributed by atoms with Gasteiger partial charge in [0.1, 0.15) is 11.3 Å². The Morgan fingerprint density at radius 3 is 2.67 bits per heavy atom. The Labute approximate surface area is 193 Å². The fourth-order valence-corrected chi connectivity index (χ4v) is 4.99. The second-order valence-electron chi connectivity index (χ2n) is 9.02. The summed E-state index contributed by atoms with van der Waals surface area (Å²) in [5.74, 6) is 0.754. The predicted molar refractivity (Wildman–Crippen MR) is 128 cm³/mol. The number of hydrogen-bond donors (Lipinski definition) is 1. The lowest BCUT2D eigenvalue weighted by atomic mass is 10.0. The number of fused-ring (bicyclic) bond motifs is 3. The molecular formula is C27H30N2O4. The minimum atomic E-state index is -0.199. The fourth-order valence-electron chi connectivity index (χ4n) is 4.99. The number of nitrogens with zero attached hydrogens (tertiary/aromatic N) is 1. The molecule has 6 nitrogen and oxygen atoms in total. The van der Waals surface area contributed by atoms with Gasteiger partial charge in [-0.1, -0.05) is 18.2 Å². The molecule has 1 aliphatic carbocycles. The zero-order chi connectivity index (χ0) is 22.6. The summed E-state index contributed by atoms with van der Waals surface area (Å²) in [4.78, 5) is 26.9. The van der Waals surface area contributed by atoms with Crippen molar-refractivity contribution in [1.82, 2.24) is 10.2 Å².